The van der Waals surface area contributed by atoms with Gasteiger partial charge in [-0.25, -0.2) is 9.37 Å². The molecule has 0 aliphatic heterocycles. The third-order valence-corrected chi connectivity index (χ3v) is 7.19. The maximum absolute atomic E-state index is 14.5. The number of hydrogen-bond donors (Lipinski definition) is 2. The van der Waals surface area contributed by atoms with E-state index in [9.17, 15) is 19.4 Å². The van der Waals surface area contributed by atoms with E-state index < -0.39 is 17.9 Å². The van der Waals surface area contributed by atoms with Crippen LogP contribution in [0.25, 0.3) is 22.2 Å². The summed E-state index contributed by atoms with van der Waals surface area (Å²) in [7, 11) is 1.39. The Morgan fingerprint density at radius 1 is 1.17 bits per heavy atom. The van der Waals surface area contributed by atoms with E-state index >= 15 is 0 Å². The monoisotopic (exact) mass is 493 g/mol. The van der Waals surface area contributed by atoms with Gasteiger partial charge in [0.15, 0.2) is 11.6 Å². The fourth-order valence-electron chi connectivity index (χ4n) is 5.33. The molecular weight excluding hydrogens is 465 g/mol. The fourth-order valence-corrected chi connectivity index (χ4v) is 5.33. The molecule has 9 heteroatoms. The van der Waals surface area contributed by atoms with Gasteiger partial charge >= 0.3 is 5.97 Å². The average molecular weight is 494 g/mol. The summed E-state index contributed by atoms with van der Waals surface area (Å²) in [6.45, 7) is 3.73. The standard InChI is InChI=1S/C27H28FN3O5/c1-14-24(15(2)36-30-14)17-6-10-22-21(13-17)29-26(25(32)18-7-11-23(35-3)20(28)12-18)31(22)19-8-4-16(5-9-19)27(33)34/h6-7,10-13,16,19,25,32H,4-5,8-9H2,1-3H3,(H,33,34)/t16?,19?,25-/m1/s1. The molecule has 0 saturated heterocycles. The van der Waals surface area contributed by atoms with E-state index in [1.165, 1.54) is 19.2 Å². The SMILES string of the molecule is COc1ccc([C@@H](O)c2nc3cc(-c4c(C)noc4C)ccc3n2C2CCC(C(=O)O)CC2)cc1F. The van der Waals surface area contributed by atoms with Crippen molar-refractivity contribution in [2.75, 3.05) is 7.11 Å². The first kappa shape index (κ1) is 24.0. The van der Waals surface area contributed by atoms with Crippen molar-refractivity contribution in [1.29, 1.82) is 0 Å². The molecule has 2 aromatic heterocycles. The smallest absolute Gasteiger partial charge is 0.306 e. The normalized spacial score (nSPS) is 18.9. The van der Waals surface area contributed by atoms with Crippen LogP contribution in [0.1, 0.15) is 60.7 Å². The molecule has 0 bridgehead atoms. The Hall–Kier alpha value is -3.72. The molecule has 0 spiro atoms. The number of aryl methyl sites for hydroxylation is 2. The minimum absolute atomic E-state index is 0.0386. The summed E-state index contributed by atoms with van der Waals surface area (Å²) in [6.07, 6.45) is 1.19. The number of rotatable bonds is 6. The van der Waals surface area contributed by atoms with Gasteiger partial charge in [-0.05, 0) is 74.9 Å². The number of halogens is 1. The van der Waals surface area contributed by atoms with Crippen molar-refractivity contribution in [1.82, 2.24) is 14.7 Å². The zero-order valence-electron chi connectivity index (χ0n) is 20.4. The molecule has 2 heterocycles. The van der Waals surface area contributed by atoms with Crippen molar-refractivity contribution in [3.05, 3.63) is 65.1 Å². The van der Waals surface area contributed by atoms with Crippen molar-refractivity contribution in [2.24, 2.45) is 5.92 Å². The van der Waals surface area contributed by atoms with Crippen molar-refractivity contribution in [3.8, 4) is 16.9 Å². The molecule has 1 fully saturated rings. The lowest BCUT2D eigenvalue weighted by Gasteiger charge is -2.29. The van der Waals surface area contributed by atoms with Crippen LogP contribution in [-0.4, -0.2) is 38.0 Å². The maximum Gasteiger partial charge on any atom is 0.306 e. The largest absolute Gasteiger partial charge is 0.494 e. The summed E-state index contributed by atoms with van der Waals surface area (Å²) >= 11 is 0. The number of aromatic nitrogens is 3. The Bertz CT molecular complexity index is 1420. The number of carbonyl (C=O) groups is 1. The zero-order chi connectivity index (χ0) is 25.6. The van der Waals surface area contributed by atoms with Gasteiger partial charge in [-0.3, -0.25) is 4.79 Å². The molecule has 2 N–H and O–H groups in total. The second-order valence-corrected chi connectivity index (χ2v) is 9.38. The molecule has 0 unspecified atom stereocenters. The summed E-state index contributed by atoms with van der Waals surface area (Å²) in [4.78, 5) is 16.3. The molecule has 0 amide bonds. The van der Waals surface area contributed by atoms with Gasteiger partial charge in [-0.15, -0.1) is 0 Å². The zero-order valence-corrected chi connectivity index (χ0v) is 20.4. The number of ether oxygens (including phenoxy) is 1. The van der Waals surface area contributed by atoms with Crippen LogP contribution in [0.5, 0.6) is 5.75 Å². The van der Waals surface area contributed by atoms with Crippen molar-refractivity contribution in [3.63, 3.8) is 0 Å². The highest BCUT2D eigenvalue weighted by Crippen LogP contribution is 2.39. The van der Waals surface area contributed by atoms with E-state index in [0.29, 0.717) is 48.3 Å². The predicted octanol–water partition coefficient (Wildman–Crippen LogP) is 5.35. The number of carboxylic acids is 1. The Kier molecular flexibility index (Phi) is 6.26. The number of carboxylic acid groups (broad SMARTS) is 1. The topological polar surface area (TPSA) is 111 Å². The number of methoxy groups -OCH3 is 1. The van der Waals surface area contributed by atoms with Crippen molar-refractivity contribution < 1.29 is 28.7 Å². The number of nitrogens with zero attached hydrogens (tertiary/aromatic N) is 3. The van der Waals surface area contributed by atoms with Gasteiger partial charge in [-0.2, -0.15) is 0 Å². The van der Waals surface area contributed by atoms with Crippen molar-refractivity contribution in [2.45, 2.75) is 51.7 Å². The van der Waals surface area contributed by atoms with E-state index in [4.69, 9.17) is 14.2 Å². The maximum atomic E-state index is 14.5. The van der Waals surface area contributed by atoms with E-state index in [-0.39, 0.29) is 17.7 Å². The Morgan fingerprint density at radius 3 is 2.53 bits per heavy atom. The Morgan fingerprint density at radius 2 is 1.92 bits per heavy atom. The minimum atomic E-state index is -1.18. The van der Waals surface area contributed by atoms with Gasteiger partial charge in [0.1, 0.15) is 17.7 Å². The quantitative estimate of drug-likeness (QED) is 0.372. The third kappa shape index (κ3) is 4.13. The van der Waals surface area contributed by atoms with Crippen LogP contribution in [-0.2, 0) is 4.79 Å². The van der Waals surface area contributed by atoms with Crippen LogP contribution in [0.15, 0.2) is 40.9 Å². The summed E-state index contributed by atoms with van der Waals surface area (Å²) in [5.41, 5.74) is 4.42. The number of hydrogen-bond acceptors (Lipinski definition) is 6. The van der Waals surface area contributed by atoms with Crippen LogP contribution in [0.2, 0.25) is 0 Å². The molecular formula is C27H28FN3O5. The first-order valence-corrected chi connectivity index (χ1v) is 12.0. The molecule has 8 nitrogen and oxygen atoms in total. The predicted molar refractivity (Wildman–Crippen MR) is 130 cm³/mol. The van der Waals surface area contributed by atoms with Gasteiger partial charge in [0.25, 0.3) is 0 Å². The number of fused-ring (bicyclic) bond motifs is 1. The molecule has 4 aromatic rings. The number of benzene rings is 2. The molecule has 1 aliphatic rings. The first-order chi connectivity index (χ1) is 17.3. The van der Waals surface area contributed by atoms with E-state index in [2.05, 4.69) is 5.16 Å². The van der Waals surface area contributed by atoms with Crippen LogP contribution >= 0.6 is 0 Å². The molecule has 188 valence electrons. The van der Waals surface area contributed by atoms with Gasteiger partial charge < -0.3 is 24.0 Å². The second kappa shape index (κ2) is 9.39. The van der Waals surface area contributed by atoms with Crippen molar-refractivity contribution >= 4 is 17.0 Å². The highest BCUT2D eigenvalue weighted by molar-refractivity contribution is 5.84. The van der Waals surface area contributed by atoms with Gasteiger partial charge in [0, 0.05) is 11.6 Å². The molecule has 0 radical (unpaired) electrons. The Balaban J connectivity index is 1.62. The van der Waals surface area contributed by atoms with Gasteiger partial charge in [-0.1, -0.05) is 17.3 Å². The van der Waals surface area contributed by atoms with Gasteiger partial charge in [0.05, 0.1) is 29.8 Å². The van der Waals surface area contributed by atoms with E-state index in [1.54, 1.807) is 6.07 Å². The van der Waals surface area contributed by atoms with Crippen LogP contribution < -0.4 is 4.74 Å². The summed E-state index contributed by atoms with van der Waals surface area (Å²) in [5, 5.41) is 24.8. The lowest BCUT2D eigenvalue weighted by molar-refractivity contribution is -0.143. The summed E-state index contributed by atoms with van der Waals surface area (Å²) in [5.74, 6) is -0.528. The molecule has 1 atom stereocenters. The molecule has 2 aromatic carbocycles. The first-order valence-electron chi connectivity index (χ1n) is 12.0. The number of aliphatic hydroxyl groups is 1. The highest BCUT2D eigenvalue weighted by atomic mass is 19.1. The molecule has 1 saturated carbocycles. The number of imidazole rings is 1. The van der Waals surface area contributed by atoms with Crippen LogP contribution in [0, 0.1) is 25.6 Å². The lowest BCUT2D eigenvalue weighted by atomic mass is 9.85. The number of aliphatic hydroxyl groups excluding tert-OH is 1. The summed E-state index contributed by atoms with van der Waals surface area (Å²) in [6, 6.07) is 10.2. The van der Waals surface area contributed by atoms with E-state index in [1.807, 2.05) is 36.6 Å². The minimum Gasteiger partial charge on any atom is -0.494 e. The lowest BCUT2D eigenvalue weighted by Crippen LogP contribution is -2.25. The fraction of sp³-hybridized carbons (Fsp3) is 0.370. The molecule has 36 heavy (non-hydrogen) atoms. The second-order valence-electron chi connectivity index (χ2n) is 9.38. The molecule has 5 rings (SSSR count). The number of aliphatic carboxylic acids is 1. The Labute approximate surface area is 207 Å². The highest BCUT2D eigenvalue weighted by Gasteiger charge is 2.31. The van der Waals surface area contributed by atoms with Gasteiger partial charge in [0.2, 0.25) is 0 Å². The van der Waals surface area contributed by atoms with Crippen LogP contribution in [0.4, 0.5) is 4.39 Å². The van der Waals surface area contributed by atoms with Crippen LogP contribution in [0.3, 0.4) is 0 Å². The average Bonchev–Trinajstić information content (AvgIpc) is 3.42. The van der Waals surface area contributed by atoms with E-state index in [0.717, 1.165) is 22.3 Å². The summed E-state index contributed by atoms with van der Waals surface area (Å²) < 4.78 is 26.8. The molecule has 1 aliphatic carbocycles. The third-order valence-electron chi connectivity index (χ3n) is 7.19.